The van der Waals surface area contributed by atoms with Gasteiger partial charge in [0.25, 0.3) is 0 Å². The number of fused-ring (bicyclic) bond motifs is 3. The summed E-state index contributed by atoms with van der Waals surface area (Å²) in [5.41, 5.74) is 9.11. The lowest BCUT2D eigenvalue weighted by Gasteiger charge is -2.43. The second-order valence-electron chi connectivity index (χ2n) is 14.4. The van der Waals surface area contributed by atoms with Crippen LogP contribution in [0.2, 0.25) is 0 Å². The number of nitrogens with zero attached hydrogens (tertiary/aromatic N) is 9. The number of aromatic amines is 1. The summed E-state index contributed by atoms with van der Waals surface area (Å²) in [4.78, 5) is 30.3. The maximum atomic E-state index is 6.42. The average Bonchev–Trinajstić information content (AvgIpc) is 3.94. The van der Waals surface area contributed by atoms with Crippen LogP contribution in [0.25, 0.3) is 33.2 Å². The average molecular weight is 717 g/mol. The fourth-order valence-electron chi connectivity index (χ4n) is 8.15. The number of hydrogen-bond acceptors (Lipinski definition) is 11. The van der Waals surface area contributed by atoms with E-state index in [9.17, 15) is 0 Å². The molecule has 14 heteroatoms. The van der Waals surface area contributed by atoms with Gasteiger partial charge in [-0.1, -0.05) is 7.92 Å². The number of piperazine rings is 1. The Kier molecular flexibility index (Phi) is 8.65. The van der Waals surface area contributed by atoms with Crippen molar-refractivity contribution < 1.29 is 4.74 Å². The van der Waals surface area contributed by atoms with Gasteiger partial charge in [-0.25, -0.2) is 0 Å². The van der Waals surface area contributed by atoms with Crippen molar-refractivity contribution in [1.29, 1.82) is 0 Å². The number of anilines is 5. The third-order valence-corrected chi connectivity index (χ3v) is 12.1. The quantitative estimate of drug-likeness (QED) is 0.178. The highest BCUT2D eigenvalue weighted by atomic mass is 31.1. The van der Waals surface area contributed by atoms with Crippen LogP contribution in [0.15, 0.2) is 55.2 Å². The molecule has 6 aromatic rings. The lowest BCUT2D eigenvalue weighted by molar-refractivity contribution is 0.0982. The smallest absolute Gasteiger partial charge is 0.231 e. The van der Waals surface area contributed by atoms with Crippen molar-refractivity contribution in [1.82, 2.24) is 44.5 Å². The molecule has 3 aliphatic heterocycles. The molecule has 3 aliphatic rings. The molecule has 268 valence electrons. The second-order valence-corrected chi connectivity index (χ2v) is 16.6. The van der Waals surface area contributed by atoms with E-state index in [2.05, 4.69) is 79.1 Å². The van der Waals surface area contributed by atoms with Crippen molar-refractivity contribution >= 4 is 64.1 Å². The molecule has 3 N–H and O–H groups in total. The Balaban J connectivity index is 1.07. The summed E-state index contributed by atoms with van der Waals surface area (Å²) in [6, 6.07) is 8.94. The summed E-state index contributed by atoms with van der Waals surface area (Å²) in [6.07, 6.45) is 12.6. The maximum absolute atomic E-state index is 6.42. The van der Waals surface area contributed by atoms with Gasteiger partial charge in [-0.15, -0.1) is 0 Å². The molecule has 0 saturated carbocycles. The summed E-state index contributed by atoms with van der Waals surface area (Å²) in [6.45, 7) is 11.8. The Morgan fingerprint density at radius 2 is 1.75 bits per heavy atom. The van der Waals surface area contributed by atoms with Gasteiger partial charge >= 0.3 is 0 Å². The van der Waals surface area contributed by atoms with Crippen molar-refractivity contribution in [2.24, 2.45) is 7.05 Å². The fraction of sp³-hybridized carbons (Fsp3) is 0.395. The van der Waals surface area contributed by atoms with E-state index in [0.29, 0.717) is 24.4 Å². The normalized spacial score (nSPS) is 17.3. The molecule has 0 spiro atoms. The maximum Gasteiger partial charge on any atom is 0.231 e. The zero-order valence-electron chi connectivity index (χ0n) is 30.2. The zero-order chi connectivity index (χ0) is 35.3. The molecular formula is C38H45N12OP. The molecule has 0 amide bonds. The molecule has 4 aromatic heterocycles. The lowest BCUT2D eigenvalue weighted by atomic mass is 9.95. The molecule has 13 nitrogen and oxygen atoms in total. The molecule has 0 aliphatic carbocycles. The van der Waals surface area contributed by atoms with Gasteiger partial charge in [0.15, 0.2) is 0 Å². The van der Waals surface area contributed by atoms with Crippen LogP contribution in [0.5, 0.6) is 5.75 Å². The first kappa shape index (κ1) is 33.0. The predicted octanol–water partition coefficient (Wildman–Crippen LogP) is 5.31. The number of piperidine rings is 1. The van der Waals surface area contributed by atoms with E-state index in [1.165, 1.54) is 11.3 Å². The Labute approximate surface area is 304 Å². The number of rotatable bonds is 8. The van der Waals surface area contributed by atoms with Crippen LogP contribution >= 0.6 is 7.92 Å². The van der Waals surface area contributed by atoms with Gasteiger partial charge in [0.05, 0.1) is 40.6 Å². The third-order valence-electron chi connectivity index (χ3n) is 10.8. The van der Waals surface area contributed by atoms with Gasteiger partial charge < -0.3 is 30.2 Å². The SMILES string of the molecule is CN1CCN(C2CCN(c3c(-c4cnn(C)c4)cc(Nc4nc(Nc5ccc6nccnc6c5P(C)C)c5cc[nH]c5n4)c4c3CCO4)CC2)CC1. The Hall–Kier alpha value is -4.84. The minimum atomic E-state index is -0.499. The van der Waals surface area contributed by atoms with Crippen molar-refractivity contribution in [3.63, 3.8) is 0 Å². The van der Waals surface area contributed by atoms with E-state index < -0.39 is 7.92 Å². The standard InChI is InChI=1S/C38H45N12OP/c1-47-16-18-49(19-17-47)25-8-14-50(15-9-25)33-26-10-20-51-34(26)31(21-28(33)24-22-42-48(2)23-24)44-38-45-36-27(7-11-41-36)37(46-38)43-30-6-5-29-32(35(30)52(3)4)40-13-12-39-29/h5-7,11-13,21-23,25H,8-10,14-20H2,1-4H3,(H3,41,43,44,45,46). The van der Waals surface area contributed by atoms with E-state index in [4.69, 9.17) is 19.7 Å². The van der Waals surface area contributed by atoms with Gasteiger partial charge in [-0.3, -0.25) is 19.5 Å². The molecule has 0 bridgehead atoms. The molecule has 0 unspecified atom stereocenters. The predicted molar refractivity (Wildman–Crippen MR) is 211 cm³/mol. The van der Waals surface area contributed by atoms with Crippen LogP contribution in [0.3, 0.4) is 0 Å². The lowest BCUT2D eigenvalue weighted by Crippen LogP contribution is -2.52. The first-order valence-corrected chi connectivity index (χ1v) is 20.4. The highest BCUT2D eigenvalue weighted by Crippen LogP contribution is 2.48. The Morgan fingerprint density at radius 3 is 2.54 bits per heavy atom. The highest BCUT2D eigenvalue weighted by molar-refractivity contribution is 7.65. The van der Waals surface area contributed by atoms with Gasteiger partial charge in [0.1, 0.15) is 17.2 Å². The van der Waals surface area contributed by atoms with Crippen molar-refractivity contribution in [3.05, 3.63) is 60.8 Å². The molecule has 2 aromatic carbocycles. The molecule has 2 saturated heterocycles. The van der Waals surface area contributed by atoms with Crippen LogP contribution in [0.1, 0.15) is 18.4 Å². The molecule has 2 fully saturated rings. The number of H-pyrrole nitrogens is 1. The first-order valence-electron chi connectivity index (χ1n) is 18.2. The number of nitrogens with one attached hydrogen (secondary N) is 3. The number of benzene rings is 2. The zero-order valence-corrected chi connectivity index (χ0v) is 31.1. The summed E-state index contributed by atoms with van der Waals surface area (Å²) in [7, 11) is 3.70. The van der Waals surface area contributed by atoms with E-state index in [1.807, 2.05) is 36.3 Å². The van der Waals surface area contributed by atoms with Crippen LogP contribution in [-0.2, 0) is 13.5 Å². The van der Waals surface area contributed by atoms with Gasteiger partial charge in [-0.2, -0.15) is 15.1 Å². The van der Waals surface area contributed by atoms with E-state index >= 15 is 0 Å². The van der Waals surface area contributed by atoms with Crippen LogP contribution in [0, 0.1) is 0 Å². The van der Waals surface area contributed by atoms with E-state index in [0.717, 1.165) is 114 Å². The van der Waals surface area contributed by atoms with Crippen molar-refractivity contribution in [2.45, 2.75) is 25.3 Å². The Bertz CT molecular complexity index is 2250. The summed E-state index contributed by atoms with van der Waals surface area (Å²) >= 11 is 0. The first-order chi connectivity index (χ1) is 25.4. The fourth-order valence-corrected chi connectivity index (χ4v) is 9.36. The molecular weight excluding hydrogens is 671 g/mol. The minimum absolute atomic E-state index is 0.477. The van der Waals surface area contributed by atoms with Crippen molar-refractivity contribution in [2.75, 3.05) is 81.8 Å². The van der Waals surface area contributed by atoms with Crippen LogP contribution in [-0.4, -0.2) is 117 Å². The molecule has 7 heterocycles. The van der Waals surface area contributed by atoms with Gasteiger partial charge in [-0.05, 0) is 57.5 Å². The van der Waals surface area contributed by atoms with E-state index in [1.54, 1.807) is 12.4 Å². The number of aryl methyl sites for hydroxylation is 1. The summed E-state index contributed by atoms with van der Waals surface area (Å²) < 4.78 is 8.30. The Morgan fingerprint density at radius 1 is 0.923 bits per heavy atom. The van der Waals surface area contributed by atoms with E-state index in [-0.39, 0.29) is 0 Å². The summed E-state index contributed by atoms with van der Waals surface area (Å²) in [5.74, 6) is 2.07. The largest absolute Gasteiger partial charge is 0.491 e. The van der Waals surface area contributed by atoms with Crippen molar-refractivity contribution in [3.8, 4) is 16.9 Å². The number of aromatic nitrogens is 7. The third kappa shape index (κ3) is 6.10. The molecule has 0 radical (unpaired) electrons. The highest BCUT2D eigenvalue weighted by Gasteiger charge is 2.32. The molecule has 0 atom stereocenters. The van der Waals surface area contributed by atoms with Gasteiger partial charge in [0, 0.05) is 111 Å². The van der Waals surface area contributed by atoms with Gasteiger partial charge in [0.2, 0.25) is 5.95 Å². The number of hydrogen-bond donors (Lipinski definition) is 3. The minimum Gasteiger partial charge on any atom is -0.491 e. The topological polar surface area (TPSA) is 128 Å². The molecule has 9 rings (SSSR count). The summed E-state index contributed by atoms with van der Waals surface area (Å²) in [5, 5.41) is 13.9. The van der Waals surface area contributed by atoms with Crippen LogP contribution < -0.4 is 25.6 Å². The monoisotopic (exact) mass is 716 g/mol. The number of likely N-dealkylation sites (N-methyl/N-ethyl adjacent to an activating group) is 1. The molecule has 52 heavy (non-hydrogen) atoms. The number of ether oxygens (including phenoxy) is 1. The van der Waals surface area contributed by atoms with Crippen LogP contribution in [0.4, 0.5) is 28.8 Å². The second kappa shape index (κ2) is 13.6.